The van der Waals surface area contributed by atoms with Crippen molar-refractivity contribution in [1.29, 1.82) is 0 Å². The van der Waals surface area contributed by atoms with E-state index in [0.717, 1.165) is 29.0 Å². The van der Waals surface area contributed by atoms with Crippen molar-refractivity contribution in [3.8, 4) is 5.75 Å². The van der Waals surface area contributed by atoms with Crippen LogP contribution in [0.5, 0.6) is 5.75 Å². The summed E-state index contributed by atoms with van der Waals surface area (Å²) in [6.45, 7) is 1.36. The van der Waals surface area contributed by atoms with Crippen molar-refractivity contribution < 1.29 is 32.6 Å². The lowest BCUT2D eigenvalue weighted by atomic mass is 10.1. The summed E-state index contributed by atoms with van der Waals surface area (Å²) in [6, 6.07) is 10.1. The van der Waals surface area contributed by atoms with Gasteiger partial charge in [0.2, 0.25) is 0 Å². The van der Waals surface area contributed by atoms with Gasteiger partial charge in [-0.3, -0.25) is 9.59 Å². The summed E-state index contributed by atoms with van der Waals surface area (Å²) in [7, 11) is 0. The number of thiazole rings is 1. The molecule has 146 valence electrons. The highest BCUT2D eigenvalue weighted by Crippen LogP contribution is 2.28. The second-order valence-corrected chi connectivity index (χ2v) is 6.83. The van der Waals surface area contributed by atoms with Gasteiger partial charge in [-0.25, -0.2) is 0 Å². The van der Waals surface area contributed by atoms with Crippen molar-refractivity contribution in [3.63, 3.8) is 0 Å². The maximum absolute atomic E-state index is 12.4. The summed E-state index contributed by atoms with van der Waals surface area (Å²) in [5.41, 5.74) is 1.60. The maximum atomic E-state index is 12.4. The highest BCUT2D eigenvalue weighted by atomic mass is 32.1. The molecule has 0 aliphatic carbocycles. The minimum absolute atomic E-state index is 0.0622. The largest absolute Gasteiger partial charge is 0.573 e. The normalized spacial score (nSPS) is 12.4. The summed E-state index contributed by atoms with van der Waals surface area (Å²) < 4.78 is 42.7. The average molecular weight is 410 g/mol. The summed E-state index contributed by atoms with van der Waals surface area (Å²) >= 11 is 0.897. The third-order valence-corrected chi connectivity index (χ3v) is 4.72. The quantitative estimate of drug-likeness (QED) is 0.711. The molecule has 1 amide bonds. The zero-order chi connectivity index (χ0) is 20.5. The number of nitrogens with zero attached hydrogens (tertiary/aromatic N) is 2. The molecule has 0 unspecified atom stereocenters. The molecule has 28 heavy (non-hydrogen) atoms. The van der Waals surface area contributed by atoms with E-state index in [9.17, 15) is 22.8 Å². The van der Waals surface area contributed by atoms with Gasteiger partial charge in [-0.15, -0.1) is 13.2 Å². The van der Waals surface area contributed by atoms with E-state index < -0.39 is 30.5 Å². The highest BCUT2D eigenvalue weighted by Gasteiger charge is 2.31. The lowest BCUT2D eigenvalue weighted by Gasteiger charge is -2.08. The van der Waals surface area contributed by atoms with Crippen LogP contribution in [0.4, 0.5) is 13.2 Å². The maximum Gasteiger partial charge on any atom is 0.573 e. The van der Waals surface area contributed by atoms with Crippen LogP contribution >= 0.6 is 11.3 Å². The number of alkyl halides is 3. The Hall–Kier alpha value is -3.14. The van der Waals surface area contributed by atoms with Crippen molar-refractivity contribution >= 4 is 33.4 Å². The molecule has 3 rings (SSSR count). The number of aliphatic carboxylic acids is 1. The number of carbonyl (C=O) groups is 2. The van der Waals surface area contributed by atoms with Gasteiger partial charge in [0.15, 0.2) is 4.80 Å². The number of ether oxygens (including phenoxy) is 1. The first-order valence-corrected chi connectivity index (χ1v) is 8.71. The smallest absolute Gasteiger partial charge is 0.480 e. The second kappa shape index (κ2) is 7.47. The first-order valence-electron chi connectivity index (χ1n) is 7.89. The van der Waals surface area contributed by atoms with Gasteiger partial charge in [0.05, 0.1) is 10.2 Å². The first-order chi connectivity index (χ1) is 13.1. The number of carboxylic acid groups (broad SMARTS) is 1. The van der Waals surface area contributed by atoms with Crippen LogP contribution in [-0.4, -0.2) is 27.9 Å². The number of carboxylic acids is 1. The number of amides is 1. The third kappa shape index (κ3) is 4.58. The molecule has 0 aliphatic heterocycles. The van der Waals surface area contributed by atoms with Gasteiger partial charge in [-0.2, -0.15) is 4.99 Å². The van der Waals surface area contributed by atoms with Gasteiger partial charge in [-0.05, 0) is 37.3 Å². The predicted molar refractivity (Wildman–Crippen MR) is 95.2 cm³/mol. The molecule has 0 saturated heterocycles. The molecular weight excluding hydrogens is 397 g/mol. The number of fused-ring (bicyclic) bond motifs is 1. The standard InChI is InChI=1S/C18H13F3N2O4S/c1-10-2-4-11(5-3-10)16(26)22-17-23(9-15(24)25)13-7-6-12(8-14(13)28-17)27-18(19,20)21/h2-8H,9H2,1H3,(H,24,25). The Morgan fingerprint density at radius 3 is 2.46 bits per heavy atom. The molecule has 1 heterocycles. The minimum atomic E-state index is -4.85. The molecule has 0 atom stereocenters. The van der Waals surface area contributed by atoms with E-state index >= 15 is 0 Å². The van der Waals surface area contributed by atoms with E-state index in [1.807, 2.05) is 6.92 Å². The van der Waals surface area contributed by atoms with Gasteiger partial charge in [0, 0.05) is 5.56 Å². The van der Waals surface area contributed by atoms with Crippen LogP contribution in [0.15, 0.2) is 47.5 Å². The molecule has 0 spiro atoms. The Morgan fingerprint density at radius 1 is 1.18 bits per heavy atom. The van der Waals surface area contributed by atoms with Crippen LogP contribution in [0.3, 0.4) is 0 Å². The van der Waals surface area contributed by atoms with Crippen LogP contribution in [0.25, 0.3) is 10.2 Å². The molecule has 1 N–H and O–H groups in total. The number of benzene rings is 2. The summed E-state index contributed by atoms with van der Waals surface area (Å²) in [4.78, 5) is 27.6. The Bertz CT molecular complexity index is 1110. The second-order valence-electron chi connectivity index (χ2n) is 5.82. The molecule has 0 radical (unpaired) electrons. The molecule has 10 heteroatoms. The number of aromatic nitrogens is 1. The van der Waals surface area contributed by atoms with Crippen LogP contribution < -0.4 is 9.54 Å². The average Bonchev–Trinajstić information content (AvgIpc) is 2.90. The van der Waals surface area contributed by atoms with E-state index in [1.165, 1.54) is 10.6 Å². The molecule has 3 aromatic rings. The molecular formula is C18H13F3N2O4S. The number of aryl methyl sites for hydroxylation is 1. The molecule has 2 aromatic carbocycles. The van der Waals surface area contributed by atoms with Gasteiger partial charge < -0.3 is 14.4 Å². The molecule has 0 bridgehead atoms. The monoisotopic (exact) mass is 410 g/mol. The SMILES string of the molecule is Cc1ccc(C(=O)N=c2sc3cc(OC(F)(F)F)ccc3n2CC(=O)O)cc1. The summed E-state index contributed by atoms with van der Waals surface area (Å²) in [5, 5.41) is 9.14. The van der Waals surface area contributed by atoms with Gasteiger partial charge >= 0.3 is 12.3 Å². The Balaban J connectivity index is 2.10. The molecule has 0 aliphatic rings. The molecule has 0 saturated carbocycles. The van der Waals surface area contributed by atoms with Crippen molar-refractivity contribution in [2.45, 2.75) is 19.8 Å². The van der Waals surface area contributed by atoms with Crippen LogP contribution in [0.1, 0.15) is 15.9 Å². The van der Waals surface area contributed by atoms with E-state index in [2.05, 4.69) is 9.73 Å². The van der Waals surface area contributed by atoms with E-state index in [4.69, 9.17) is 5.11 Å². The minimum Gasteiger partial charge on any atom is -0.480 e. The molecule has 6 nitrogen and oxygen atoms in total. The Kier molecular flexibility index (Phi) is 5.23. The number of carbonyl (C=O) groups excluding carboxylic acids is 1. The molecule has 1 aromatic heterocycles. The van der Waals surface area contributed by atoms with Crippen molar-refractivity contribution in [2.75, 3.05) is 0 Å². The Morgan fingerprint density at radius 2 is 1.86 bits per heavy atom. The summed E-state index contributed by atoms with van der Waals surface area (Å²) in [5.74, 6) is -2.21. The number of hydrogen-bond donors (Lipinski definition) is 1. The number of halogens is 3. The van der Waals surface area contributed by atoms with Crippen LogP contribution in [0, 0.1) is 6.92 Å². The number of hydrogen-bond acceptors (Lipinski definition) is 4. The van der Waals surface area contributed by atoms with Gasteiger partial charge in [0.1, 0.15) is 12.3 Å². The van der Waals surface area contributed by atoms with Gasteiger partial charge in [0.25, 0.3) is 5.91 Å². The van der Waals surface area contributed by atoms with Crippen LogP contribution in [0.2, 0.25) is 0 Å². The number of rotatable bonds is 4. The fourth-order valence-electron chi connectivity index (χ4n) is 2.47. The lowest BCUT2D eigenvalue weighted by molar-refractivity contribution is -0.274. The van der Waals surface area contributed by atoms with Crippen molar-refractivity contribution in [1.82, 2.24) is 4.57 Å². The van der Waals surface area contributed by atoms with E-state index in [-0.39, 0.29) is 4.80 Å². The van der Waals surface area contributed by atoms with Crippen molar-refractivity contribution in [3.05, 3.63) is 58.4 Å². The fourth-order valence-corrected chi connectivity index (χ4v) is 3.53. The predicted octanol–water partition coefficient (Wildman–Crippen LogP) is 3.74. The topological polar surface area (TPSA) is 80.9 Å². The first kappa shape index (κ1) is 19.6. The highest BCUT2D eigenvalue weighted by molar-refractivity contribution is 7.16. The van der Waals surface area contributed by atoms with Gasteiger partial charge in [-0.1, -0.05) is 29.0 Å². The van der Waals surface area contributed by atoms with E-state index in [1.54, 1.807) is 24.3 Å². The lowest BCUT2D eigenvalue weighted by Crippen LogP contribution is -2.21. The third-order valence-electron chi connectivity index (χ3n) is 3.68. The van der Waals surface area contributed by atoms with Crippen LogP contribution in [-0.2, 0) is 11.3 Å². The zero-order valence-electron chi connectivity index (χ0n) is 14.4. The molecule has 0 fully saturated rings. The Labute approximate surface area is 160 Å². The summed E-state index contributed by atoms with van der Waals surface area (Å²) in [6.07, 6.45) is -4.85. The van der Waals surface area contributed by atoms with E-state index in [0.29, 0.717) is 15.8 Å². The zero-order valence-corrected chi connectivity index (χ0v) is 15.2. The van der Waals surface area contributed by atoms with Crippen molar-refractivity contribution in [2.24, 2.45) is 4.99 Å². The fraction of sp³-hybridized carbons (Fsp3) is 0.167.